The van der Waals surface area contributed by atoms with Crippen LogP contribution >= 0.6 is 39.3 Å². The van der Waals surface area contributed by atoms with Crippen molar-refractivity contribution >= 4 is 50.1 Å². The molecule has 18 heavy (non-hydrogen) atoms. The molecule has 0 saturated heterocycles. The first-order valence-electron chi connectivity index (χ1n) is 5.60. The zero-order valence-corrected chi connectivity index (χ0v) is 13.1. The molecule has 0 aromatic heterocycles. The van der Waals surface area contributed by atoms with Gasteiger partial charge in [-0.05, 0) is 40.5 Å². The summed E-state index contributed by atoms with van der Waals surface area (Å²) in [5, 5.41) is 4.97. The molecule has 0 spiro atoms. The van der Waals surface area contributed by atoms with Gasteiger partial charge in [0.25, 0.3) is 0 Å². The van der Waals surface area contributed by atoms with E-state index in [1.54, 1.807) is 18.9 Å². The lowest BCUT2D eigenvalue weighted by molar-refractivity contribution is 0.190. The molecule has 3 nitrogen and oxygen atoms in total. The molecule has 98 valence electrons. The van der Waals surface area contributed by atoms with Gasteiger partial charge in [-0.2, -0.15) is 0 Å². The molecular weight excluding hydrogens is 336 g/mol. The minimum atomic E-state index is 0.355. The maximum absolute atomic E-state index is 5.95. The summed E-state index contributed by atoms with van der Waals surface area (Å²) in [6, 6.07) is 6.11. The van der Waals surface area contributed by atoms with Crippen LogP contribution in [0.5, 0.6) is 0 Å². The fourth-order valence-corrected chi connectivity index (χ4v) is 3.08. The molecule has 1 N–H and O–H groups in total. The highest BCUT2D eigenvalue weighted by Crippen LogP contribution is 2.27. The molecule has 1 aromatic carbocycles. The minimum Gasteiger partial charge on any atom is -0.385 e. The number of nitrogens with one attached hydrogen (secondary N) is 1. The lowest BCUT2D eigenvalue weighted by Gasteiger charge is -2.06. The Morgan fingerprint density at radius 1 is 1.61 bits per heavy atom. The first kappa shape index (κ1) is 14.2. The molecule has 0 radical (unpaired) electrons. The third kappa shape index (κ3) is 3.88. The van der Waals surface area contributed by atoms with Gasteiger partial charge in [-0.3, -0.25) is 4.99 Å². The van der Waals surface area contributed by atoms with Crippen LogP contribution < -0.4 is 5.32 Å². The van der Waals surface area contributed by atoms with E-state index in [-0.39, 0.29) is 0 Å². The number of anilines is 1. The number of halogens is 2. The van der Waals surface area contributed by atoms with Gasteiger partial charge >= 0.3 is 0 Å². The van der Waals surface area contributed by atoms with E-state index in [1.165, 1.54) is 0 Å². The van der Waals surface area contributed by atoms with E-state index in [0.29, 0.717) is 11.1 Å². The van der Waals surface area contributed by atoms with Crippen LogP contribution in [0.15, 0.2) is 27.7 Å². The molecule has 0 aliphatic carbocycles. The second kappa shape index (κ2) is 6.80. The molecule has 1 heterocycles. The Hall–Kier alpha value is -0.230. The zero-order chi connectivity index (χ0) is 13.0. The van der Waals surface area contributed by atoms with Gasteiger partial charge in [0.15, 0.2) is 5.17 Å². The SMILES string of the molecule is COCCC1CSC(Nc2ccc(Cl)c(Br)c2)=N1. The van der Waals surface area contributed by atoms with Crippen molar-refractivity contribution in [1.29, 1.82) is 0 Å². The predicted octanol–water partition coefficient (Wildman–Crippen LogP) is 4.02. The Morgan fingerprint density at radius 3 is 3.17 bits per heavy atom. The number of ether oxygens (including phenoxy) is 1. The molecule has 1 unspecified atom stereocenters. The monoisotopic (exact) mass is 348 g/mol. The van der Waals surface area contributed by atoms with Crippen molar-refractivity contribution in [2.45, 2.75) is 12.5 Å². The van der Waals surface area contributed by atoms with Gasteiger partial charge in [0.05, 0.1) is 11.1 Å². The number of hydrogen-bond donors (Lipinski definition) is 1. The first-order valence-corrected chi connectivity index (χ1v) is 7.76. The number of rotatable bonds is 4. The summed E-state index contributed by atoms with van der Waals surface area (Å²) in [5.41, 5.74) is 0.991. The van der Waals surface area contributed by atoms with Gasteiger partial charge in [0, 0.05) is 29.6 Å². The van der Waals surface area contributed by atoms with Crippen LogP contribution in [0.2, 0.25) is 5.02 Å². The van der Waals surface area contributed by atoms with E-state index in [1.807, 2.05) is 18.2 Å². The summed E-state index contributed by atoms with van der Waals surface area (Å²) in [6.07, 6.45) is 0.971. The van der Waals surface area contributed by atoms with Crippen LogP contribution in [-0.4, -0.2) is 30.7 Å². The van der Waals surface area contributed by atoms with Gasteiger partial charge in [-0.25, -0.2) is 0 Å². The Bertz CT molecular complexity index is 456. The topological polar surface area (TPSA) is 33.6 Å². The van der Waals surface area contributed by atoms with Crippen molar-refractivity contribution in [2.24, 2.45) is 4.99 Å². The van der Waals surface area contributed by atoms with Gasteiger partial charge in [-0.15, -0.1) is 0 Å². The van der Waals surface area contributed by atoms with E-state index < -0.39 is 0 Å². The number of hydrogen-bond acceptors (Lipinski definition) is 4. The van der Waals surface area contributed by atoms with E-state index >= 15 is 0 Å². The quantitative estimate of drug-likeness (QED) is 0.891. The summed E-state index contributed by atoms with van der Waals surface area (Å²) in [5.74, 6) is 1.01. The maximum Gasteiger partial charge on any atom is 0.161 e. The van der Waals surface area contributed by atoms with Gasteiger partial charge in [-0.1, -0.05) is 23.4 Å². The van der Waals surface area contributed by atoms with Crippen LogP contribution in [0.4, 0.5) is 5.69 Å². The summed E-state index contributed by atoms with van der Waals surface area (Å²) in [6.45, 7) is 0.758. The highest BCUT2D eigenvalue weighted by atomic mass is 79.9. The van der Waals surface area contributed by atoms with Crippen LogP contribution in [0.25, 0.3) is 0 Å². The van der Waals surface area contributed by atoms with Crippen molar-refractivity contribution in [3.8, 4) is 0 Å². The Labute approximate surface area is 124 Å². The molecule has 6 heteroatoms. The molecule has 1 aliphatic heterocycles. The lowest BCUT2D eigenvalue weighted by Crippen LogP contribution is -2.08. The van der Waals surface area contributed by atoms with Crippen LogP contribution in [0.1, 0.15) is 6.42 Å². The van der Waals surface area contributed by atoms with Crippen LogP contribution in [0.3, 0.4) is 0 Å². The molecule has 1 atom stereocenters. The number of nitrogens with zero attached hydrogens (tertiary/aromatic N) is 1. The highest BCUT2D eigenvalue weighted by Gasteiger charge is 2.18. The largest absolute Gasteiger partial charge is 0.385 e. The van der Waals surface area contributed by atoms with E-state index in [0.717, 1.165) is 34.1 Å². The van der Waals surface area contributed by atoms with E-state index in [9.17, 15) is 0 Å². The molecule has 1 aromatic rings. The van der Waals surface area contributed by atoms with E-state index in [4.69, 9.17) is 16.3 Å². The predicted molar refractivity (Wildman–Crippen MR) is 82.9 cm³/mol. The zero-order valence-electron chi connectivity index (χ0n) is 9.95. The fourth-order valence-electron chi connectivity index (χ4n) is 1.58. The van der Waals surface area contributed by atoms with Crippen molar-refractivity contribution in [1.82, 2.24) is 0 Å². The molecule has 0 bridgehead atoms. The first-order chi connectivity index (χ1) is 8.69. The van der Waals surface area contributed by atoms with Crippen LogP contribution in [-0.2, 0) is 4.74 Å². The fraction of sp³-hybridized carbons (Fsp3) is 0.417. The van der Waals surface area contributed by atoms with Gasteiger partial charge in [0.1, 0.15) is 0 Å². The van der Waals surface area contributed by atoms with Crippen molar-refractivity contribution in [3.63, 3.8) is 0 Å². The molecule has 0 fully saturated rings. The smallest absolute Gasteiger partial charge is 0.161 e. The molecule has 2 rings (SSSR count). The second-order valence-electron chi connectivity index (χ2n) is 3.93. The minimum absolute atomic E-state index is 0.355. The average Bonchev–Trinajstić information content (AvgIpc) is 2.79. The average molecular weight is 350 g/mol. The summed E-state index contributed by atoms with van der Waals surface area (Å²) < 4.78 is 5.95. The van der Waals surface area contributed by atoms with Gasteiger partial charge < -0.3 is 10.1 Å². The third-order valence-corrected chi connectivity index (χ3v) is 4.78. The van der Waals surface area contributed by atoms with Crippen LogP contribution in [0, 0.1) is 0 Å². The summed E-state index contributed by atoms with van der Waals surface area (Å²) in [7, 11) is 1.72. The number of methoxy groups -OCH3 is 1. The molecule has 0 saturated carbocycles. The second-order valence-corrected chi connectivity index (χ2v) is 6.20. The lowest BCUT2D eigenvalue weighted by atomic mass is 10.2. The van der Waals surface area contributed by atoms with Crippen molar-refractivity contribution in [3.05, 3.63) is 27.7 Å². The number of benzene rings is 1. The molecule has 1 aliphatic rings. The van der Waals surface area contributed by atoms with E-state index in [2.05, 4.69) is 26.2 Å². The number of amidine groups is 1. The van der Waals surface area contributed by atoms with Crippen molar-refractivity contribution in [2.75, 3.05) is 24.8 Å². The normalized spacial score (nSPS) is 18.8. The van der Waals surface area contributed by atoms with Gasteiger partial charge in [0.2, 0.25) is 0 Å². The molecule has 0 amide bonds. The Kier molecular flexibility index (Phi) is 5.36. The maximum atomic E-state index is 5.95. The summed E-state index contributed by atoms with van der Waals surface area (Å²) in [4.78, 5) is 4.61. The standard InChI is InChI=1S/C12H14BrClN2OS/c1-17-5-4-9-7-18-12(16-9)15-8-2-3-11(14)10(13)6-8/h2-3,6,9H,4-5,7H2,1H3,(H,15,16). The highest BCUT2D eigenvalue weighted by molar-refractivity contribution is 9.10. The summed E-state index contributed by atoms with van der Waals surface area (Å²) >= 11 is 11.1. The molecular formula is C12H14BrClN2OS. The third-order valence-electron chi connectivity index (χ3n) is 2.54. The number of thioether (sulfide) groups is 1. The Morgan fingerprint density at radius 2 is 2.44 bits per heavy atom. The number of aliphatic imine (C=N–C) groups is 1. The van der Waals surface area contributed by atoms with Crippen molar-refractivity contribution < 1.29 is 4.74 Å². The Balaban J connectivity index is 1.95.